The van der Waals surface area contributed by atoms with Crippen molar-refractivity contribution < 1.29 is 19.5 Å². The van der Waals surface area contributed by atoms with Crippen LogP contribution in [0.5, 0.6) is 5.75 Å². The van der Waals surface area contributed by atoms with E-state index in [-0.39, 0.29) is 27.8 Å². The number of hydrogen-bond acceptors (Lipinski definition) is 5. The molecule has 1 heterocycles. The van der Waals surface area contributed by atoms with Crippen LogP contribution in [0.4, 0.5) is 4.39 Å². The van der Waals surface area contributed by atoms with E-state index in [1.807, 2.05) is 20.8 Å². The smallest absolute Gasteiger partial charge is 0.491 e. The van der Waals surface area contributed by atoms with E-state index in [0.717, 1.165) is 9.71 Å². The molecule has 0 aliphatic carbocycles. The summed E-state index contributed by atoms with van der Waals surface area (Å²) < 4.78 is 15.4. The number of halogens is 1. The SMILES string of the molecule is CC(C)(C)c1nc2c(O)c(-c3cccc(B(O)O)c3F)ccc2s1. The van der Waals surface area contributed by atoms with Gasteiger partial charge in [-0.3, -0.25) is 0 Å². The van der Waals surface area contributed by atoms with E-state index in [1.54, 1.807) is 12.1 Å². The number of benzene rings is 2. The van der Waals surface area contributed by atoms with Crippen LogP contribution in [0.3, 0.4) is 0 Å². The monoisotopic (exact) mass is 345 g/mol. The molecule has 3 rings (SSSR count). The number of hydrogen-bond donors (Lipinski definition) is 3. The van der Waals surface area contributed by atoms with Crippen LogP contribution in [0.25, 0.3) is 21.3 Å². The van der Waals surface area contributed by atoms with Crippen LogP contribution in [0.15, 0.2) is 30.3 Å². The molecule has 124 valence electrons. The maximum Gasteiger partial charge on any atom is 0.491 e. The molecule has 0 radical (unpaired) electrons. The van der Waals surface area contributed by atoms with Gasteiger partial charge in [0.1, 0.15) is 11.3 Å². The normalized spacial score (nSPS) is 11.9. The third kappa shape index (κ3) is 2.79. The van der Waals surface area contributed by atoms with Gasteiger partial charge in [-0.15, -0.1) is 11.3 Å². The predicted molar refractivity (Wildman–Crippen MR) is 95.2 cm³/mol. The minimum absolute atomic E-state index is 0.102. The maximum absolute atomic E-state index is 14.5. The average molecular weight is 345 g/mol. The van der Waals surface area contributed by atoms with E-state index in [1.165, 1.54) is 29.5 Å². The first kappa shape index (κ1) is 16.9. The summed E-state index contributed by atoms with van der Waals surface area (Å²) in [5, 5.41) is 30.0. The highest BCUT2D eigenvalue weighted by Crippen LogP contribution is 2.40. The molecule has 7 heteroatoms. The minimum Gasteiger partial charge on any atom is -0.505 e. The Bertz CT molecular complexity index is 918. The molecular formula is C17H17BFNO3S. The highest BCUT2D eigenvalue weighted by atomic mass is 32.1. The van der Waals surface area contributed by atoms with Gasteiger partial charge in [-0.1, -0.05) is 39.0 Å². The van der Waals surface area contributed by atoms with Crippen molar-refractivity contribution in [3.8, 4) is 16.9 Å². The number of fused-ring (bicyclic) bond motifs is 1. The number of thiazole rings is 1. The van der Waals surface area contributed by atoms with Gasteiger partial charge in [0.05, 0.1) is 9.71 Å². The Labute approximate surface area is 143 Å². The summed E-state index contributed by atoms with van der Waals surface area (Å²) in [6.45, 7) is 6.11. The quantitative estimate of drug-likeness (QED) is 0.625. The Morgan fingerprint density at radius 2 is 1.79 bits per heavy atom. The largest absolute Gasteiger partial charge is 0.505 e. The molecule has 0 aliphatic heterocycles. The van der Waals surface area contributed by atoms with Crippen LogP contribution in [0.2, 0.25) is 0 Å². The predicted octanol–water partition coefficient (Wildman–Crippen LogP) is 2.79. The van der Waals surface area contributed by atoms with E-state index in [2.05, 4.69) is 4.98 Å². The Kier molecular flexibility index (Phi) is 4.11. The number of phenolic OH excluding ortho intramolecular Hbond substituents is 1. The van der Waals surface area contributed by atoms with E-state index in [4.69, 9.17) is 0 Å². The van der Waals surface area contributed by atoms with E-state index >= 15 is 0 Å². The summed E-state index contributed by atoms with van der Waals surface area (Å²) in [6.07, 6.45) is 0. The fraction of sp³-hybridized carbons (Fsp3) is 0.235. The Hall–Kier alpha value is -1.96. The molecule has 2 aromatic carbocycles. The first-order chi connectivity index (χ1) is 11.2. The lowest BCUT2D eigenvalue weighted by atomic mass is 9.78. The fourth-order valence-corrected chi connectivity index (χ4v) is 3.50. The molecule has 0 atom stereocenters. The molecule has 0 saturated carbocycles. The second-order valence-corrected chi connectivity index (χ2v) is 7.69. The van der Waals surface area contributed by atoms with Gasteiger partial charge in [0, 0.05) is 22.0 Å². The summed E-state index contributed by atoms with van der Waals surface area (Å²) >= 11 is 1.49. The van der Waals surface area contributed by atoms with E-state index < -0.39 is 12.9 Å². The molecule has 0 fully saturated rings. The lowest BCUT2D eigenvalue weighted by Gasteiger charge is -2.13. The Balaban J connectivity index is 2.22. The minimum atomic E-state index is -1.91. The van der Waals surface area contributed by atoms with Crippen LogP contribution in [-0.2, 0) is 5.41 Å². The van der Waals surface area contributed by atoms with Crippen LogP contribution in [0, 0.1) is 5.82 Å². The van der Waals surface area contributed by atoms with Crippen molar-refractivity contribution in [2.75, 3.05) is 0 Å². The van der Waals surface area contributed by atoms with Crippen LogP contribution in [0.1, 0.15) is 25.8 Å². The molecule has 0 spiro atoms. The molecule has 0 unspecified atom stereocenters. The van der Waals surface area contributed by atoms with E-state index in [0.29, 0.717) is 5.52 Å². The van der Waals surface area contributed by atoms with Gasteiger partial charge >= 0.3 is 7.12 Å². The molecule has 0 amide bonds. The zero-order valence-corrected chi connectivity index (χ0v) is 14.4. The molecule has 0 aliphatic rings. The molecule has 3 N–H and O–H groups in total. The zero-order valence-electron chi connectivity index (χ0n) is 13.5. The summed E-state index contributed by atoms with van der Waals surface area (Å²) in [5.41, 5.74) is 0.415. The van der Waals surface area contributed by atoms with Crippen molar-refractivity contribution in [2.45, 2.75) is 26.2 Å². The van der Waals surface area contributed by atoms with Crippen molar-refractivity contribution in [3.63, 3.8) is 0 Å². The second kappa shape index (κ2) is 5.84. The number of rotatable bonds is 2. The van der Waals surface area contributed by atoms with Gasteiger partial charge in [-0.25, -0.2) is 9.37 Å². The van der Waals surface area contributed by atoms with Gasteiger partial charge in [-0.05, 0) is 12.1 Å². The van der Waals surface area contributed by atoms with Crippen LogP contribution >= 0.6 is 11.3 Å². The molecule has 3 aromatic rings. The van der Waals surface area contributed by atoms with Gasteiger partial charge < -0.3 is 15.2 Å². The number of nitrogens with zero attached hydrogens (tertiary/aromatic N) is 1. The van der Waals surface area contributed by atoms with Crippen LogP contribution < -0.4 is 5.46 Å². The lowest BCUT2D eigenvalue weighted by molar-refractivity contribution is 0.423. The Morgan fingerprint density at radius 3 is 2.42 bits per heavy atom. The average Bonchev–Trinajstić information content (AvgIpc) is 2.93. The summed E-state index contributed by atoms with van der Waals surface area (Å²) in [6, 6.07) is 7.70. The number of phenols is 1. The third-order valence-electron chi connectivity index (χ3n) is 3.77. The zero-order chi connectivity index (χ0) is 17.6. The van der Waals surface area contributed by atoms with Crippen LogP contribution in [-0.4, -0.2) is 27.3 Å². The summed E-state index contributed by atoms with van der Waals surface area (Å²) in [4.78, 5) is 4.50. The van der Waals surface area contributed by atoms with Crippen molar-refractivity contribution in [2.24, 2.45) is 0 Å². The maximum atomic E-state index is 14.5. The van der Waals surface area contributed by atoms with E-state index in [9.17, 15) is 19.5 Å². The lowest BCUT2D eigenvalue weighted by Crippen LogP contribution is -2.32. The topological polar surface area (TPSA) is 73.6 Å². The molecule has 0 bridgehead atoms. The van der Waals surface area contributed by atoms with Crippen molar-refractivity contribution in [3.05, 3.63) is 41.2 Å². The first-order valence-electron chi connectivity index (χ1n) is 7.48. The molecule has 1 aromatic heterocycles. The van der Waals surface area contributed by atoms with Gasteiger partial charge in [0.15, 0.2) is 5.75 Å². The molecular weight excluding hydrogens is 328 g/mol. The highest BCUT2D eigenvalue weighted by Gasteiger charge is 2.24. The van der Waals surface area contributed by atoms with Crippen molar-refractivity contribution >= 4 is 34.1 Å². The van der Waals surface area contributed by atoms with Crippen molar-refractivity contribution in [1.29, 1.82) is 0 Å². The van der Waals surface area contributed by atoms with Gasteiger partial charge in [0.25, 0.3) is 0 Å². The number of aromatic hydroxyl groups is 1. The van der Waals surface area contributed by atoms with Gasteiger partial charge in [-0.2, -0.15) is 0 Å². The molecule has 24 heavy (non-hydrogen) atoms. The highest BCUT2D eigenvalue weighted by molar-refractivity contribution is 7.18. The summed E-state index contributed by atoms with van der Waals surface area (Å²) in [5.74, 6) is -0.879. The molecule has 4 nitrogen and oxygen atoms in total. The second-order valence-electron chi connectivity index (χ2n) is 6.66. The number of aromatic nitrogens is 1. The van der Waals surface area contributed by atoms with Crippen molar-refractivity contribution in [1.82, 2.24) is 4.98 Å². The third-order valence-corrected chi connectivity index (χ3v) is 5.22. The van der Waals surface area contributed by atoms with Gasteiger partial charge in [0.2, 0.25) is 0 Å². The standard InChI is InChI=1S/C17H17BFNO3S/c1-17(2,3)16-20-14-12(24-16)8-7-10(15(14)21)9-5-4-6-11(13(9)19)18(22)23/h4-8,21-23H,1-3H3. The molecule has 0 saturated heterocycles. The Morgan fingerprint density at radius 1 is 1.08 bits per heavy atom. The summed E-state index contributed by atoms with van der Waals surface area (Å²) in [7, 11) is -1.91. The first-order valence-corrected chi connectivity index (χ1v) is 8.29. The fourth-order valence-electron chi connectivity index (χ4n) is 2.48.